The molecule has 25 heavy (non-hydrogen) atoms. The van der Waals surface area contributed by atoms with Gasteiger partial charge in [0, 0.05) is 6.54 Å². The number of nitrogens with zero attached hydrogens (tertiary/aromatic N) is 3. The van der Waals surface area contributed by atoms with Crippen LogP contribution in [0.4, 0.5) is 10.5 Å². The van der Waals surface area contributed by atoms with Crippen LogP contribution in [0.1, 0.15) is 32.1 Å². The van der Waals surface area contributed by atoms with Gasteiger partial charge >= 0.3 is 6.03 Å². The van der Waals surface area contributed by atoms with Gasteiger partial charge in [0.05, 0.1) is 21.6 Å². The average Bonchev–Trinajstić information content (AvgIpc) is 2.97. The van der Waals surface area contributed by atoms with E-state index < -0.39 is 22.1 Å². The van der Waals surface area contributed by atoms with Crippen molar-refractivity contribution >= 4 is 33.3 Å². The highest BCUT2D eigenvalue weighted by atomic mass is 35.5. The second-order valence-electron chi connectivity index (χ2n) is 5.35. The average molecular weight is 387 g/mol. The Bertz CT molecular complexity index is 867. The summed E-state index contributed by atoms with van der Waals surface area (Å²) < 4.78 is 24.5. The van der Waals surface area contributed by atoms with Crippen molar-refractivity contribution in [3.8, 4) is 0 Å². The molecule has 1 atom stereocenters. The number of halogens is 1. The molecular weight excluding hydrogens is 368 g/mol. The van der Waals surface area contributed by atoms with Crippen molar-refractivity contribution in [1.82, 2.24) is 20.1 Å². The van der Waals surface area contributed by atoms with E-state index >= 15 is 0 Å². The molecule has 1 heterocycles. The number of sulfonamides is 1. The Balaban J connectivity index is 2.11. The standard InChI is InChI=1S/C14H19ClN6O3S/c1-3-6-21-13(17-8-18-21)9(2)19-14(22)20-12-7-10(25(16,23)24)4-5-11(12)15/h4-5,7-9H,3,6H2,1-2H3,(H2,16,23,24)(H2,19,20,22)/t9-/m0/s1. The number of aromatic nitrogens is 3. The minimum atomic E-state index is -3.90. The van der Waals surface area contributed by atoms with Crippen LogP contribution in [-0.4, -0.2) is 29.2 Å². The van der Waals surface area contributed by atoms with Crippen molar-refractivity contribution in [3.05, 3.63) is 35.4 Å². The summed E-state index contributed by atoms with van der Waals surface area (Å²) in [7, 11) is -3.90. The molecule has 0 saturated carbocycles. The predicted octanol–water partition coefficient (Wildman–Crippen LogP) is 1.87. The predicted molar refractivity (Wildman–Crippen MR) is 93.7 cm³/mol. The quantitative estimate of drug-likeness (QED) is 0.697. The van der Waals surface area contributed by atoms with Gasteiger partial charge < -0.3 is 10.6 Å². The number of nitrogens with one attached hydrogen (secondary N) is 2. The summed E-state index contributed by atoms with van der Waals surface area (Å²) >= 11 is 5.99. The van der Waals surface area contributed by atoms with Crippen molar-refractivity contribution in [2.75, 3.05) is 5.32 Å². The van der Waals surface area contributed by atoms with E-state index in [1.54, 1.807) is 11.6 Å². The van der Waals surface area contributed by atoms with Crippen LogP contribution in [0.15, 0.2) is 29.4 Å². The van der Waals surface area contributed by atoms with Gasteiger partial charge in [0.2, 0.25) is 10.0 Å². The molecule has 9 nitrogen and oxygen atoms in total. The fourth-order valence-corrected chi connectivity index (χ4v) is 2.89. The molecule has 0 radical (unpaired) electrons. The van der Waals surface area contributed by atoms with Gasteiger partial charge in [-0.15, -0.1) is 0 Å². The molecule has 4 N–H and O–H groups in total. The van der Waals surface area contributed by atoms with Gasteiger partial charge in [-0.1, -0.05) is 18.5 Å². The molecule has 136 valence electrons. The first-order valence-corrected chi connectivity index (χ1v) is 9.42. The number of hydrogen-bond acceptors (Lipinski definition) is 5. The van der Waals surface area contributed by atoms with Gasteiger partial charge in [-0.25, -0.2) is 28.0 Å². The maximum atomic E-state index is 12.2. The summed E-state index contributed by atoms with van der Waals surface area (Å²) in [6, 6.07) is 2.83. The molecule has 0 fully saturated rings. The zero-order chi connectivity index (χ0) is 18.6. The summed E-state index contributed by atoms with van der Waals surface area (Å²) in [5, 5.41) is 14.6. The molecule has 0 saturated heterocycles. The third-order valence-electron chi connectivity index (χ3n) is 3.33. The van der Waals surface area contributed by atoms with Crippen molar-refractivity contribution in [3.63, 3.8) is 0 Å². The van der Waals surface area contributed by atoms with Gasteiger partial charge in [-0.05, 0) is 31.5 Å². The van der Waals surface area contributed by atoms with Gasteiger partial charge in [0.1, 0.15) is 12.2 Å². The Morgan fingerprint density at radius 1 is 1.44 bits per heavy atom. The highest BCUT2D eigenvalue weighted by Gasteiger charge is 2.17. The molecule has 2 amide bonds. The number of carbonyl (C=O) groups is 1. The van der Waals surface area contributed by atoms with Crippen LogP contribution in [0.3, 0.4) is 0 Å². The Labute approximate surface area is 150 Å². The van der Waals surface area contributed by atoms with E-state index in [9.17, 15) is 13.2 Å². The Hall–Kier alpha value is -2.17. The third-order valence-corrected chi connectivity index (χ3v) is 4.57. The van der Waals surface area contributed by atoms with Crippen LogP contribution in [0.25, 0.3) is 0 Å². The van der Waals surface area contributed by atoms with E-state index in [1.807, 2.05) is 6.92 Å². The van der Waals surface area contributed by atoms with Crippen LogP contribution in [0.5, 0.6) is 0 Å². The normalized spacial score (nSPS) is 12.6. The van der Waals surface area contributed by atoms with E-state index in [4.69, 9.17) is 16.7 Å². The number of carbonyl (C=O) groups excluding carboxylic acids is 1. The van der Waals surface area contributed by atoms with Crippen molar-refractivity contribution < 1.29 is 13.2 Å². The van der Waals surface area contributed by atoms with Crippen LogP contribution >= 0.6 is 11.6 Å². The van der Waals surface area contributed by atoms with E-state index in [-0.39, 0.29) is 15.6 Å². The zero-order valence-corrected chi connectivity index (χ0v) is 15.3. The molecule has 11 heteroatoms. The second-order valence-corrected chi connectivity index (χ2v) is 7.32. The van der Waals surface area contributed by atoms with Crippen LogP contribution in [0, 0.1) is 0 Å². The number of aryl methyl sites for hydroxylation is 1. The first kappa shape index (κ1) is 19.2. The first-order valence-electron chi connectivity index (χ1n) is 7.50. The molecule has 0 spiro atoms. The lowest BCUT2D eigenvalue weighted by atomic mass is 10.3. The molecule has 2 rings (SSSR count). The molecule has 1 aromatic carbocycles. The van der Waals surface area contributed by atoms with Crippen LogP contribution < -0.4 is 15.8 Å². The van der Waals surface area contributed by atoms with E-state index in [0.717, 1.165) is 6.42 Å². The van der Waals surface area contributed by atoms with Crippen LogP contribution in [0.2, 0.25) is 5.02 Å². The fourth-order valence-electron chi connectivity index (χ4n) is 2.19. The minimum Gasteiger partial charge on any atom is -0.328 e. The number of primary sulfonamides is 1. The molecule has 0 aliphatic heterocycles. The highest BCUT2D eigenvalue weighted by molar-refractivity contribution is 7.89. The number of amides is 2. The Kier molecular flexibility index (Phi) is 5.98. The lowest BCUT2D eigenvalue weighted by Gasteiger charge is -2.16. The Morgan fingerprint density at radius 2 is 2.16 bits per heavy atom. The first-order chi connectivity index (χ1) is 11.7. The number of rotatable bonds is 6. The van der Waals surface area contributed by atoms with Gasteiger partial charge in [-0.2, -0.15) is 5.10 Å². The number of benzene rings is 1. The summed E-state index contributed by atoms with van der Waals surface area (Å²) in [6.45, 7) is 4.46. The van der Waals surface area contributed by atoms with E-state index in [1.165, 1.54) is 24.5 Å². The minimum absolute atomic E-state index is 0.132. The molecule has 2 aromatic rings. The van der Waals surface area contributed by atoms with Crippen molar-refractivity contribution in [2.24, 2.45) is 5.14 Å². The molecule has 0 unspecified atom stereocenters. The van der Waals surface area contributed by atoms with E-state index in [2.05, 4.69) is 20.7 Å². The zero-order valence-electron chi connectivity index (χ0n) is 13.7. The topological polar surface area (TPSA) is 132 Å². The summed E-state index contributed by atoms with van der Waals surface area (Å²) in [5.74, 6) is 0.612. The lowest BCUT2D eigenvalue weighted by Crippen LogP contribution is -2.33. The van der Waals surface area contributed by atoms with Crippen molar-refractivity contribution in [1.29, 1.82) is 0 Å². The molecule has 0 aliphatic carbocycles. The third kappa shape index (κ3) is 4.91. The maximum Gasteiger partial charge on any atom is 0.319 e. The molecule has 1 aromatic heterocycles. The maximum absolute atomic E-state index is 12.2. The van der Waals surface area contributed by atoms with Crippen molar-refractivity contribution in [2.45, 2.75) is 37.8 Å². The molecule has 0 aliphatic rings. The van der Waals surface area contributed by atoms with Gasteiger partial charge in [0.25, 0.3) is 0 Å². The van der Waals surface area contributed by atoms with Gasteiger partial charge in [0.15, 0.2) is 0 Å². The molecule has 0 bridgehead atoms. The van der Waals surface area contributed by atoms with E-state index in [0.29, 0.717) is 12.4 Å². The number of nitrogens with two attached hydrogens (primary N) is 1. The lowest BCUT2D eigenvalue weighted by molar-refractivity contribution is 0.248. The summed E-state index contributed by atoms with van der Waals surface area (Å²) in [4.78, 5) is 16.2. The summed E-state index contributed by atoms with van der Waals surface area (Å²) in [6.07, 6.45) is 2.30. The fraction of sp³-hybridized carbons (Fsp3) is 0.357. The second kappa shape index (κ2) is 7.81. The number of anilines is 1. The number of hydrogen-bond donors (Lipinski definition) is 3. The largest absolute Gasteiger partial charge is 0.328 e. The monoisotopic (exact) mass is 386 g/mol. The van der Waals surface area contributed by atoms with Gasteiger partial charge in [-0.3, -0.25) is 0 Å². The highest BCUT2D eigenvalue weighted by Crippen LogP contribution is 2.24. The molecular formula is C14H19ClN6O3S. The Morgan fingerprint density at radius 3 is 2.80 bits per heavy atom. The summed E-state index contributed by atoms with van der Waals surface area (Å²) in [5.41, 5.74) is 0.132. The smallest absolute Gasteiger partial charge is 0.319 e. The SMILES string of the molecule is CCCn1ncnc1[C@H](C)NC(=O)Nc1cc(S(N)(=O)=O)ccc1Cl. The number of urea groups is 1. The van der Waals surface area contributed by atoms with Crippen LogP contribution in [-0.2, 0) is 16.6 Å².